The quantitative estimate of drug-likeness (QED) is 0.715. The third-order valence-corrected chi connectivity index (χ3v) is 4.50. The second kappa shape index (κ2) is 6.84. The van der Waals surface area contributed by atoms with E-state index < -0.39 is 0 Å². The number of benzene rings is 2. The lowest BCUT2D eigenvalue weighted by Gasteiger charge is -2.07. The van der Waals surface area contributed by atoms with E-state index in [2.05, 4.69) is 23.3 Å². The predicted molar refractivity (Wildman–Crippen MR) is 97.0 cm³/mol. The lowest BCUT2D eigenvalue weighted by molar-refractivity contribution is -0.113. The van der Waals surface area contributed by atoms with Gasteiger partial charge in [-0.3, -0.25) is 4.79 Å². The molecule has 1 heterocycles. The Morgan fingerprint density at radius 1 is 1.09 bits per heavy atom. The van der Waals surface area contributed by atoms with Crippen molar-refractivity contribution in [3.8, 4) is 0 Å². The first kappa shape index (κ1) is 15.6. The van der Waals surface area contributed by atoms with Gasteiger partial charge in [0, 0.05) is 11.1 Å². The Hall–Kier alpha value is -2.33. The van der Waals surface area contributed by atoms with Crippen LogP contribution >= 0.6 is 11.8 Å². The molecule has 0 saturated heterocycles. The maximum Gasteiger partial charge on any atom is 0.234 e. The Morgan fingerprint density at radius 3 is 2.61 bits per heavy atom. The van der Waals surface area contributed by atoms with Crippen LogP contribution in [0.1, 0.15) is 11.1 Å². The summed E-state index contributed by atoms with van der Waals surface area (Å²) < 4.78 is 0. The number of fused-ring (bicyclic) bond motifs is 1. The molecule has 4 heteroatoms. The van der Waals surface area contributed by atoms with Gasteiger partial charge < -0.3 is 5.32 Å². The highest BCUT2D eigenvalue weighted by Gasteiger charge is 2.07. The molecule has 0 saturated carbocycles. The molecule has 2 aromatic carbocycles. The summed E-state index contributed by atoms with van der Waals surface area (Å²) >= 11 is 1.46. The first-order valence-electron chi connectivity index (χ1n) is 7.47. The van der Waals surface area contributed by atoms with E-state index in [9.17, 15) is 4.79 Å². The fourth-order valence-electron chi connectivity index (χ4n) is 2.37. The average Bonchev–Trinajstić information content (AvgIpc) is 2.55. The number of hydrogen-bond donors (Lipinski definition) is 1. The van der Waals surface area contributed by atoms with E-state index in [-0.39, 0.29) is 5.91 Å². The van der Waals surface area contributed by atoms with Gasteiger partial charge in [0.05, 0.1) is 16.3 Å². The van der Waals surface area contributed by atoms with E-state index in [0.29, 0.717) is 5.75 Å². The number of para-hydroxylation sites is 1. The Labute approximate surface area is 140 Å². The van der Waals surface area contributed by atoms with E-state index >= 15 is 0 Å². The Kier molecular flexibility index (Phi) is 4.63. The first-order chi connectivity index (χ1) is 11.1. The average molecular weight is 322 g/mol. The van der Waals surface area contributed by atoms with Crippen molar-refractivity contribution in [1.82, 2.24) is 4.98 Å². The van der Waals surface area contributed by atoms with Gasteiger partial charge in [0.15, 0.2) is 0 Å². The summed E-state index contributed by atoms with van der Waals surface area (Å²) in [4.78, 5) is 16.7. The van der Waals surface area contributed by atoms with Crippen molar-refractivity contribution in [1.29, 1.82) is 0 Å². The zero-order valence-corrected chi connectivity index (χ0v) is 14.0. The fraction of sp³-hybridized carbons (Fsp3) is 0.158. The highest BCUT2D eigenvalue weighted by Crippen LogP contribution is 2.23. The van der Waals surface area contributed by atoms with E-state index in [4.69, 9.17) is 0 Å². The minimum absolute atomic E-state index is 0.0218. The van der Waals surface area contributed by atoms with Crippen LogP contribution in [0.3, 0.4) is 0 Å². The number of rotatable bonds is 4. The van der Waals surface area contributed by atoms with Crippen molar-refractivity contribution < 1.29 is 4.79 Å². The highest BCUT2D eigenvalue weighted by atomic mass is 32.2. The number of anilines is 1. The molecule has 1 amide bonds. The van der Waals surface area contributed by atoms with Crippen LogP contribution in [0.4, 0.5) is 5.69 Å². The molecule has 0 aliphatic heterocycles. The van der Waals surface area contributed by atoms with Crippen LogP contribution in [-0.4, -0.2) is 16.6 Å². The number of pyridine rings is 1. The Morgan fingerprint density at radius 2 is 1.83 bits per heavy atom. The van der Waals surface area contributed by atoms with Crippen molar-refractivity contribution in [2.75, 3.05) is 11.1 Å². The molecule has 0 radical (unpaired) electrons. The van der Waals surface area contributed by atoms with Crippen molar-refractivity contribution in [2.24, 2.45) is 0 Å². The van der Waals surface area contributed by atoms with Crippen molar-refractivity contribution >= 4 is 34.3 Å². The van der Waals surface area contributed by atoms with E-state index in [1.165, 1.54) is 22.9 Å². The Bertz CT molecular complexity index is 844. The minimum Gasteiger partial charge on any atom is -0.325 e. The zero-order chi connectivity index (χ0) is 16.2. The van der Waals surface area contributed by atoms with Gasteiger partial charge >= 0.3 is 0 Å². The van der Waals surface area contributed by atoms with Gasteiger partial charge in [-0.25, -0.2) is 4.98 Å². The number of carbonyl (C=O) groups is 1. The maximum absolute atomic E-state index is 12.1. The minimum atomic E-state index is -0.0218. The first-order valence-corrected chi connectivity index (χ1v) is 8.46. The van der Waals surface area contributed by atoms with E-state index in [0.717, 1.165) is 21.6 Å². The summed E-state index contributed by atoms with van der Waals surface area (Å²) in [5.74, 6) is 0.324. The number of nitrogens with one attached hydrogen (secondary N) is 1. The standard InChI is InChI=1S/C19H18N2OS/c1-13-7-9-15(10-8-13)20-18(22)12-23-19-11-14(2)16-5-3-4-6-17(16)21-19/h3-11H,12H2,1-2H3,(H,20,22). The molecule has 0 bridgehead atoms. The number of amides is 1. The molecule has 3 rings (SSSR count). The molecule has 3 nitrogen and oxygen atoms in total. The monoisotopic (exact) mass is 322 g/mol. The fourth-order valence-corrected chi connectivity index (χ4v) is 3.14. The molecular formula is C19H18N2OS. The summed E-state index contributed by atoms with van der Waals surface area (Å²) in [5.41, 5.74) is 4.14. The van der Waals surface area contributed by atoms with Crippen molar-refractivity contribution in [2.45, 2.75) is 18.9 Å². The predicted octanol–water partition coefficient (Wildman–Crippen LogP) is 4.58. The molecular weight excluding hydrogens is 304 g/mol. The summed E-state index contributed by atoms with van der Waals surface area (Å²) in [5, 5.41) is 4.93. The van der Waals surface area contributed by atoms with E-state index in [1.54, 1.807) is 0 Å². The molecule has 0 fully saturated rings. The van der Waals surface area contributed by atoms with Crippen molar-refractivity contribution in [3.63, 3.8) is 0 Å². The van der Waals surface area contributed by atoms with Crippen LogP contribution in [0.2, 0.25) is 0 Å². The largest absolute Gasteiger partial charge is 0.325 e. The lowest BCUT2D eigenvalue weighted by atomic mass is 10.1. The molecule has 0 atom stereocenters. The van der Waals surface area contributed by atoms with Gasteiger partial charge in [-0.15, -0.1) is 0 Å². The molecule has 23 heavy (non-hydrogen) atoms. The number of aryl methyl sites for hydroxylation is 2. The lowest BCUT2D eigenvalue weighted by Crippen LogP contribution is -2.14. The summed E-state index contributed by atoms with van der Waals surface area (Å²) in [7, 11) is 0. The van der Waals surface area contributed by atoms with Crippen molar-refractivity contribution in [3.05, 3.63) is 65.7 Å². The second-order valence-corrected chi connectivity index (χ2v) is 6.49. The molecule has 0 unspecified atom stereocenters. The molecule has 3 aromatic rings. The number of aromatic nitrogens is 1. The SMILES string of the molecule is Cc1ccc(NC(=O)CSc2cc(C)c3ccccc3n2)cc1. The number of carbonyl (C=O) groups excluding carboxylic acids is 1. The van der Waals surface area contributed by atoms with E-state index in [1.807, 2.05) is 55.5 Å². The summed E-state index contributed by atoms with van der Waals surface area (Å²) in [6.07, 6.45) is 0. The third-order valence-electron chi connectivity index (χ3n) is 3.59. The topological polar surface area (TPSA) is 42.0 Å². The molecule has 0 aliphatic carbocycles. The normalized spacial score (nSPS) is 10.7. The van der Waals surface area contributed by atoms with Gasteiger partial charge in [-0.2, -0.15) is 0 Å². The van der Waals surface area contributed by atoms with Crippen LogP contribution in [0.5, 0.6) is 0 Å². The summed E-state index contributed by atoms with van der Waals surface area (Å²) in [6.45, 7) is 4.09. The number of thioether (sulfide) groups is 1. The highest BCUT2D eigenvalue weighted by molar-refractivity contribution is 7.99. The van der Waals surface area contributed by atoms with Crippen LogP contribution in [-0.2, 0) is 4.79 Å². The molecule has 0 aliphatic rings. The van der Waals surface area contributed by atoms with Gasteiger partial charge in [-0.1, -0.05) is 47.7 Å². The Balaban J connectivity index is 1.66. The molecule has 1 N–H and O–H groups in total. The second-order valence-electron chi connectivity index (χ2n) is 5.50. The molecule has 1 aromatic heterocycles. The van der Waals surface area contributed by atoms with Crippen LogP contribution in [0.25, 0.3) is 10.9 Å². The number of nitrogens with zero attached hydrogens (tertiary/aromatic N) is 1. The smallest absolute Gasteiger partial charge is 0.234 e. The zero-order valence-electron chi connectivity index (χ0n) is 13.2. The van der Waals surface area contributed by atoms with Gasteiger partial charge in [0.2, 0.25) is 5.91 Å². The molecule has 116 valence electrons. The molecule has 0 spiro atoms. The summed E-state index contributed by atoms with van der Waals surface area (Å²) in [6, 6.07) is 17.9. The third kappa shape index (κ3) is 3.90. The number of hydrogen-bond acceptors (Lipinski definition) is 3. The van der Waals surface area contributed by atoms with Crippen LogP contribution < -0.4 is 5.32 Å². The van der Waals surface area contributed by atoms with Gasteiger partial charge in [0.25, 0.3) is 0 Å². The van der Waals surface area contributed by atoms with Crippen LogP contribution in [0.15, 0.2) is 59.6 Å². The van der Waals surface area contributed by atoms with Gasteiger partial charge in [-0.05, 0) is 43.7 Å². The maximum atomic E-state index is 12.1. The van der Waals surface area contributed by atoms with Gasteiger partial charge in [0.1, 0.15) is 0 Å². The van der Waals surface area contributed by atoms with Crippen LogP contribution in [0, 0.1) is 13.8 Å².